The number of methoxy groups -OCH3 is 2. The van der Waals surface area contributed by atoms with E-state index in [9.17, 15) is 4.39 Å². The summed E-state index contributed by atoms with van der Waals surface area (Å²) in [5.41, 5.74) is 1.64. The van der Waals surface area contributed by atoms with E-state index in [4.69, 9.17) is 9.47 Å². The highest BCUT2D eigenvalue weighted by molar-refractivity contribution is 5.51. The zero-order valence-corrected chi connectivity index (χ0v) is 11.8. The van der Waals surface area contributed by atoms with E-state index in [1.807, 2.05) is 12.1 Å². The van der Waals surface area contributed by atoms with Crippen molar-refractivity contribution in [3.05, 3.63) is 23.3 Å². The maximum absolute atomic E-state index is 13.8. The van der Waals surface area contributed by atoms with E-state index in [2.05, 4.69) is 5.32 Å². The standard InChI is InChI=1S/C15H22FNO2/c1-10(16)12-8-11(13-6-4-5-7-17-13)9-14(18-2)15(12)19-3/h8-10,13,17H,4-7H2,1-3H3. The molecule has 2 unspecified atom stereocenters. The van der Waals surface area contributed by atoms with Crippen LogP contribution in [-0.4, -0.2) is 20.8 Å². The number of benzene rings is 1. The molecule has 4 heteroatoms. The maximum Gasteiger partial charge on any atom is 0.166 e. The molecule has 1 aromatic rings. The summed E-state index contributed by atoms with van der Waals surface area (Å²) in [5, 5.41) is 3.47. The fourth-order valence-corrected chi connectivity index (χ4v) is 2.65. The molecule has 0 spiro atoms. The molecule has 3 nitrogen and oxygen atoms in total. The van der Waals surface area contributed by atoms with Gasteiger partial charge < -0.3 is 14.8 Å². The lowest BCUT2D eigenvalue weighted by molar-refractivity contribution is 0.322. The first-order chi connectivity index (χ1) is 9.17. The van der Waals surface area contributed by atoms with Crippen LogP contribution in [0.25, 0.3) is 0 Å². The van der Waals surface area contributed by atoms with Gasteiger partial charge in [0.05, 0.1) is 14.2 Å². The van der Waals surface area contributed by atoms with E-state index < -0.39 is 6.17 Å². The highest BCUT2D eigenvalue weighted by Gasteiger charge is 2.21. The van der Waals surface area contributed by atoms with Crippen molar-refractivity contribution in [3.8, 4) is 11.5 Å². The largest absolute Gasteiger partial charge is 0.493 e. The first-order valence-electron chi connectivity index (χ1n) is 6.80. The zero-order valence-electron chi connectivity index (χ0n) is 11.8. The first-order valence-corrected chi connectivity index (χ1v) is 6.80. The lowest BCUT2D eigenvalue weighted by Gasteiger charge is -2.25. The van der Waals surface area contributed by atoms with Gasteiger partial charge in [0.1, 0.15) is 6.17 Å². The third-order valence-corrected chi connectivity index (χ3v) is 3.67. The van der Waals surface area contributed by atoms with Crippen molar-refractivity contribution in [2.45, 2.75) is 38.4 Å². The number of rotatable bonds is 4. The Morgan fingerprint density at radius 3 is 2.58 bits per heavy atom. The van der Waals surface area contributed by atoms with Gasteiger partial charge in [-0.1, -0.05) is 6.42 Å². The van der Waals surface area contributed by atoms with Gasteiger partial charge in [0.2, 0.25) is 0 Å². The molecule has 0 aliphatic carbocycles. The molecule has 1 fully saturated rings. The maximum atomic E-state index is 13.8. The molecule has 0 bridgehead atoms. The minimum Gasteiger partial charge on any atom is -0.493 e. The molecule has 1 N–H and O–H groups in total. The summed E-state index contributed by atoms with van der Waals surface area (Å²) >= 11 is 0. The second kappa shape index (κ2) is 6.24. The fraction of sp³-hybridized carbons (Fsp3) is 0.600. The minimum absolute atomic E-state index is 0.283. The molecule has 1 saturated heterocycles. The van der Waals surface area contributed by atoms with E-state index in [1.165, 1.54) is 19.8 Å². The molecule has 2 rings (SSSR count). The number of hydrogen-bond donors (Lipinski definition) is 1. The van der Waals surface area contributed by atoms with Crippen molar-refractivity contribution in [1.82, 2.24) is 5.32 Å². The average molecular weight is 267 g/mol. The summed E-state index contributed by atoms with van der Waals surface area (Å²) in [4.78, 5) is 0. The fourth-order valence-electron chi connectivity index (χ4n) is 2.65. The Hall–Kier alpha value is -1.29. The van der Waals surface area contributed by atoms with Gasteiger partial charge in [-0.2, -0.15) is 0 Å². The van der Waals surface area contributed by atoms with Crippen LogP contribution < -0.4 is 14.8 Å². The Labute approximate surface area is 114 Å². The van der Waals surface area contributed by atoms with Gasteiger partial charge in [-0.25, -0.2) is 4.39 Å². The van der Waals surface area contributed by atoms with Gasteiger partial charge in [-0.15, -0.1) is 0 Å². The average Bonchev–Trinajstić information content (AvgIpc) is 2.46. The van der Waals surface area contributed by atoms with Crippen LogP contribution in [-0.2, 0) is 0 Å². The molecular formula is C15H22FNO2. The number of piperidine rings is 1. The van der Waals surface area contributed by atoms with Crippen molar-refractivity contribution >= 4 is 0 Å². The van der Waals surface area contributed by atoms with Crippen LogP contribution in [0.3, 0.4) is 0 Å². The Morgan fingerprint density at radius 1 is 1.26 bits per heavy atom. The second-order valence-electron chi connectivity index (χ2n) is 4.96. The van der Waals surface area contributed by atoms with Crippen LogP contribution in [0.4, 0.5) is 4.39 Å². The van der Waals surface area contributed by atoms with Crippen LogP contribution >= 0.6 is 0 Å². The van der Waals surface area contributed by atoms with Crippen LogP contribution in [0.2, 0.25) is 0 Å². The van der Waals surface area contributed by atoms with Crippen molar-refractivity contribution in [1.29, 1.82) is 0 Å². The lowest BCUT2D eigenvalue weighted by atomic mass is 9.94. The van der Waals surface area contributed by atoms with Crippen LogP contribution in [0.15, 0.2) is 12.1 Å². The lowest BCUT2D eigenvalue weighted by Crippen LogP contribution is -2.26. The molecule has 1 heterocycles. The summed E-state index contributed by atoms with van der Waals surface area (Å²) in [6, 6.07) is 4.13. The monoisotopic (exact) mass is 267 g/mol. The number of ether oxygens (including phenoxy) is 2. The van der Waals surface area contributed by atoms with E-state index in [0.717, 1.165) is 18.5 Å². The van der Waals surface area contributed by atoms with Crippen molar-refractivity contribution in [2.75, 3.05) is 20.8 Å². The van der Waals surface area contributed by atoms with Gasteiger partial charge in [0.15, 0.2) is 11.5 Å². The first kappa shape index (κ1) is 14.1. The van der Waals surface area contributed by atoms with Crippen molar-refractivity contribution < 1.29 is 13.9 Å². The topological polar surface area (TPSA) is 30.5 Å². The highest BCUT2D eigenvalue weighted by atomic mass is 19.1. The second-order valence-corrected chi connectivity index (χ2v) is 4.96. The SMILES string of the molecule is COc1cc(C2CCCCN2)cc(C(C)F)c1OC. The van der Waals surface area contributed by atoms with E-state index in [1.54, 1.807) is 14.2 Å². The third-order valence-electron chi connectivity index (χ3n) is 3.67. The van der Waals surface area contributed by atoms with Crippen LogP contribution in [0.5, 0.6) is 11.5 Å². The Bertz CT molecular complexity index is 428. The molecule has 0 radical (unpaired) electrons. The van der Waals surface area contributed by atoms with Gasteiger partial charge >= 0.3 is 0 Å². The predicted molar refractivity (Wildman–Crippen MR) is 73.7 cm³/mol. The molecule has 2 atom stereocenters. The number of halogens is 1. The Morgan fingerprint density at radius 2 is 2.05 bits per heavy atom. The molecule has 1 aliphatic heterocycles. The molecule has 1 aliphatic rings. The van der Waals surface area contributed by atoms with Crippen molar-refractivity contribution in [3.63, 3.8) is 0 Å². The van der Waals surface area contributed by atoms with Crippen LogP contribution in [0.1, 0.15) is 49.5 Å². The molecule has 1 aromatic carbocycles. The zero-order chi connectivity index (χ0) is 13.8. The smallest absolute Gasteiger partial charge is 0.166 e. The molecule has 106 valence electrons. The van der Waals surface area contributed by atoms with Crippen molar-refractivity contribution in [2.24, 2.45) is 0 Å². The van der Waals surface area contributed by atoms with E-state index >= 15 is 0 Å². The molecule has 0 amide bonds. The van der Waals surface area contributed by atoms with Gasteiger partial charge in [0.25, 0.3) is 0 Å². The molecule has 19 heavy (non-hydrogen) atoms. The summed E-state index contributed by atoms with van der Waals surface area (Å²) in [6.45, 7) is 2.54. The van der Waals surface area contributed by atoms with Gasteiger partial charge in [-0.05, 0) is 44.0 Å². The third kappa shape index (κ3) is 3.00. The number of alkyl halides is 1. The Balaban J connectivity index is 2.41. The minimum atomic E-state index is -1.08. The Kier molecular flexibility index (Phi) is 4.64. The summed E-state index contributed by atoms with van der Waals surface area (Å²) in [7, 11) is 3.13. The molecule has 0 aromatic heterocycles. The van der Waals surface area contributed by atoms with Crippen LogP contribution in [0, 0.1) is 0 Å². The van der Waals surface area contributed by atoms with Gasteiger partial charge in [0, 0.05) is 11.6 Å². The quantitative estimate of drug-likeness (QED) is 0.905. The highest BCUT2D eigenvalue weighted by Crippen LogP contribution is 2.39. The van der Waals surface area contributed by atoms with E-state index in [-0.39, 0.29) is 6.04 Å². The van der Waals surface area contributed by atoms with E-state index in [0.29, 0.717) is 17.1 Å². The number of nitrogens with one attached hydrogen (secondary N) is 1. The predicted octanol–water partition coefficient (Wildman–Crippen LogP) is 3.55. The molecular weight excluding hydrogens is 245 g/mol. The summed E-state index contributed by atoms with van der Waals surface area (Å²) in [6.07, 6.45) is 2.41. The number of hydrogen-bond acceptors (Lipinski definition) is 3. The summed E-state index contributed by atoms with van der Waals surface area (Å²) in [5.74, 6) is 1.10. The molecule has 0 saturated carbocycles. The summed E-state index contributed by atoms with van der Waals surface area (Å²) < 4.78 is 24.4. The normalized spacial score (nSPS) is 20.9. The van der Waals surface area contributed by atoms with Gasteiger partial charge in [-0.3, -0.25) is 0 Å².